The van der Waals surface area contributed by atoms with Crippen molar-refractivity contribution in [3.63, 3.8) is 0 Å². The molecular formula is C21H23FN2O4. The maximum absolute atomic E-state index is 13.2. The van der Waals surface area contributed by atoms with Crippen LogP contribution >= 0.6 is 0 Å². The number of carbonyl (C=O) groups excluding carboxylic acids is 3. The van der Waals surface area contributed by atoms with Gasteiger partial charge in [0.15, 0.2) is 5.78 Å². The summed E-state index contributed by atoms with van der Waals surface area (Å²) < 4.78 is 17.9. The van der Waals surface area contributed by atoms with Crippen molar-refractivity contribution in [1.82, 2.24) is 9.88 Å². The Hall–Kier alpha value is -2.96. The third-order valence-corrected chi connectivity index (χ3v) is 5.14. The van der Waals surface area contributed by atoms with Gasteiger partial charge in [0.1, 0.15) is 11.5 Å². The molecule has 0 unspecified atom stereocenters. The van der Waals surface area contributed by atoms with Gasteiger partial charge in [-0.05, 0) is 63.4 Å². The number of esters is 1. The number of nitrogens with one attached hydrogen (secondary N) is 1. The van der Waals surface area contributed by atoms with Crippen LogP contribution < -0.4 is 0 Å². The van der Waals surface area contributed by atoms with E-state index in [2.05, 4.69) is 4.98 Å². The second-order valence-corrected chi connectivity index (χ2v) is 7.11. The fourth-order valence-electron chi connectivity index (χ4n) is 3.51. The van der Waals surface area contributed by atoms with Crippen LogP contribution in [0, 0.1) is 19.7 Å². The van der Waals surface area contributed by atoms with E-state index in [-0.39, 0.29) is 23.4 Å². The Balaban J connectivity index is 1.92. The van der Waals surface area contributed by atoms with Crippen molar-refractivity contribution < 1.29 is 23.5 Å². The van der Waals surface area contributed by atoms with Gasteiger partial charge in [-0.1, -0.05) is 0 Å². The van der Waals surface area contributed by atoms with E-state index in [4.69, 9.17) is 4.74 Å². The van der Waals surface area contributed by atoms with E-state index >= 15 is 0 Å². The molecule has 1 fully saturated rings. The Kier molecular flexibility index (Phi) is 5.36. The van der Waals surface area contributed by atoms with E-state index in [0.29, 0.717) is 22.4 Å². The molecule has 1 aromatic heterocycles. The van der Waals surface area contributed by atoms with E-state index in [1.165, 1.54) is 31.4 Å². The Labute approximate surface area is 162 Å². The highest BCUT2D eigenvalue weighted by molar-refractivity contribution is 6.07. The lowest BCUT2D eigenvalue weighted by atomic mass is 9.99. The average Bonchev–Trinajstić information content (AvgIpc) is 3.46. The quantitative estimate of drug-likeness (QED) is 0.609. The number of ether oxygens (including phenoxy) is 1. The molecule has 148 valence electrons. The van der Waals surface area contributed by atoms with Crippen molar-refractivity contribution in [2.45, 2.75) is 45.7 Å². The summed E-state index contributed by atoms with van der Waals surface area (Å²) in [4.78, 5) is 42.6. The van der Waals surface area contributed by atoms with Gasteiger partial charge in [0.05, 0.1) is 13.2 Å². The number of hydrogen-bond donors (Lipinski definition) is 1. The number of ketones is 1. The summed E-state index contributed by atoms with van der Waals surface area (Å²) in [7, 11) is 1.28. The zero-order chi connectivity index (χ0) is 20.6. The van der Waals surface area contributed by atoms with Crippen LogP contribution in [0.3, 0.4) is 0 Å². The number of benzene rings is 1. The molecule has 3 rings (SSSR count). The predicted octanol–water partition coefficient (Wildman–Crippen LogP) is 3.43. The molecule has 0 radical (unpaired) electrons. The van der Waals surface area contributed by atoms with Gasteiger partial charge in [-0.25, -0.2) is 9.18 Å². The van der Waals surface area contributed by atoms with E-state index in [0.717, 1.165) is 12.8 Å². The summed E-state index contributed by atoms with van der Waals surface area (Å²) in [5.74, 6) is -1.52. The Morgan fingerprint density at radius 3 is 2.32 bits per heavy atom. The van der Waals surface area contributed by atoms with Crippen molar-refractivity contribution >= 4 is 17.7 Å². The molecule has 0 bridgehead atoms. The normalized spacial score (nSPS) is 14.5. The number of aromatic amines is 1. The smallest absolute Gasteiger partial charge is 0.354 e. The number of halogens is 1. The second-order valence-electron chi connectivity index (χ2n) is 7.11. The molecule has 7 heteroatoms. The monoisotopic (exact) mass is 386 g/mol. The van der Waals surface area contributed by atoms with Gasteiger partial charge < -0.3 is 14.6 Å². The molecule has 1 aliphatic rings. The van der Waals surface area contributed by atoms with Crippen LogP contribution in [-0.4, -0.2) is 46.7 Å². The number of carbonyl (C=O) groups is 3. The minimum atomic E-state index is -0.719. The van der Waals surface area contributed by atoms with Gasteiger partial charge in [0, 0.05) is 22.9 Å². The first-order chi connectivity index (χ1) is 13.3. The van der Waals surface area contributed by atoms with Gasteiger partial charge in [0.2, 0.25) is 0 Å². The second kappa shape index (κ2) is 7.58. The Morgan fingerprint density at radius 2 is 1.79 bits per heavy atom. The Bertz CT molecular complexity index is 929. The first kappa shape index (κ1) is 19.8. The lowest BCUT2D eigenvalue weighted by Gasteiger charge is -2.29. The van der Waals surface area contributed by atoms with Crippen LogP contribution in [0.2, 0.25) is 0 Å². The summed E-state index contributed by atoms with van der Waals surface area (Å²) in [6.45, 7) is 5.08. The van der Waals surface area contributed by atoms with Crippen molar-refractivity contribution in [1.29, 1.82) is 0 Å². The number of aromatic nitrogens is 1. The number of methoxy groups -OCH3 is 1. The van der Waals surface area contributed by atoms with Crippen LogP contribution in [0.25, 0.3) is 0 Å². The van der Waals surface area contributed by atoms with Gasteiger partial charge in [0.25, 0.3) is 5.91 Å². The van der Waals surface area contributed by atoms with E-state index in [1.54, 1.807) is 25.7 Å². The summed E-state index contributed by atoms with van der Waals surface area (Å²) in [5, 5.41) is 0. The molecule has 28 heavy (non-hydrogen) atoms. The summed E-state index contributed by atoms with van der Waals surface area (Å²) in [6.07, 6.45) is 1.64. The predicted molar refractivity (Wildman–Crippen MR) is 101 cm³/mol. The summed E-state index contributed by atoms with van der Waals surface area (Å²) in [5.41, 5.74) is 2.03. The highest BCUT2D eigenvalue weighted by Crippen LogP contribution is 2.32. The molecule has 0 saturated heterocycles. The summed E-state index contributed by atoms with van der Waals surface area (Å²) in [6, 6.07) is 4.57. The maximum atomic E-state index is 13.2. The molecule has 1 atom stereocenters. The number of nitrogens with zero attached hydrogens (tertiary/aromatic N) is 1. The molecule has 1 aliphatic carbocycles. The van der Waals surface area contributed by atoms with Gasteiger partial charge in [-0.3, -0.25) is 9.59 Å². The number of Topliss-reactive ketones (excluding diaryl/α,β-unsaturated/α-hetero) is 1. The van der Waals surface area contributed by atoms with Gasteiger partial charge >= 0.3 is 5.97 Å². The number of amides is 1. The molecule has 0 aliphatic heterocycles. The molecule has 1 saturated carbocycles. The standard InChI is InChI=1S/C21H23FN2O4/c1-11-17(12(2)23-18(11)21(27)28-4)19(25)13(3)24(16-9-10-16)20(26)14-5-7-15(22)8-6-14/h5-8,13,16,23H,9-10H2,1-4H3/t13-/m0/s1. The molecule has 1 amide bonds. The highest BCUT2D eigenvalue weighted by Gasteiger charge is 2.40. The number of hydrogen-bond acceptors (Lipinski definition) is 4. The zero-order valence-corrected chi connectivity index (χ0v) is 16.3. The largest absolute Gasteiger partial charge is 0.464 e. The van der Waals surface area contributed by atoms with E-state index in [1.807, 2.05) is 0 Å². The average molecular weight is 386 g/mol. The minimum absolute atomic E-state index is 0.0175. The SMILES string of the molecule is COC(=O)c1[nH]c(C)c(C(=O)[C@H](C)N(C(=O)c2ccc(F)cc2)C2CC2)c1C. The minimum Gasteiger partial charge on any atom is -0.464 e. The van der Waals surface area contributed by atoms with Crippen molar-refractivity contribution in [3.8, 4) is 0 Å². The third-order valence-electron chi connectivity index (χ3n) is 5.14. The lowest BCUT2D eigenvalue weighted by molar-refractivity contribution is 0.0591. The van der Waals surface area contributed by atoms with Crippen LogP contribution in [0.5, 0.6) is 0 Å². The van der Waals surface area contributed by atoms with E-state index < -0.39 is 17.8 Å². The molecule has 0 spiro atoms. The van der Waals surface area contributed by atoms with Crippen molar-refractivity contribution in [3.05, 3.63) is 58.2 Å². The molecule has 1 heterocycles. The zero-order valence-electron chi connectivity index (χ0n) is 16.3. The number of H-pyrrole nitrogens is 1. The third kappa shape index (κ3) is 3.56. The lowest BCUT2D eigenvalue weighted by Crippen LogP contribution is -2.45. The van der Waals surface area contributed by atoms with Crippen molar-refractivity contribution in [2.75, 3.05) is 7.11 Å². The molecular weight excluding hydrogens is 363 g/mol. The molecule has 1 aromatic carbocycles. The van der Waals surface area contributed by atoms with Crippen LogP contribution in [0.15, 0.2) is 24.3 Å². The van der Waals surface area contributed by atoms with Gasteiger partial charge in [-0.2, -0.15) is 0 Å². The molecule has 2 aromatic rings. The maximum Gasteiger partial charge on any atom is 0.354 e. The fourth-order valence-corrected chi connectivity index (χ4v) is 3.51. The topological polar surface area (TPSA) is 79.5 Å². The summed E-state index contributed by atoms with van der Waals surface area (Å²) >= 11 is 0. The van der Waals surface area contributed by atoms with Crippen molar-refractivity contribution in [2.24, 2.45) is 0 Å². The first-order valence-electron chi connectivity index (χ1n) is 9.16. The van der Waals surface area contributed by atoms with E-state index in [9.17, 15) is 18.8 Å². The first-order valence-corrected chi connectivity index (χ1v) is 9.16. The van der Waals surface area contributed by atoms with Gasteiger partial charge in [-0.15, -0.1) is 0 Å². The van der Waals surface area contributed by atoms with Crippen LogP contribution in [0.4, 0.5) is 4.39 Å². The van der Waals surface area contributed by atoms with Crippen LogP contribution in [-0.2, 0) is 4.74 Å². The number of rotatable bonds is 6. The van der Waals surface area contributed by atoms with Crippen LogP contribution in [0.1, 0.15) is 62.2 Å². The Morgan fingerprint density at radius 1 is 1.18 bits per heavy atom. The molecule has 6 nitrogen and oxygen atoms in total. The molecule has 1 N–H and O–H groups in total. The fraction of sp³-hybridized carbons (Fsp3) is 0.381. The number of aryl methyl sites for hydroxylation is 1. The highest BCUT2D eigenvalue weighted by atomic mass is 19.1.